The first kappa shape index (κ1) is 32.6. The quantitative estimate of drug-likeness (QED) is 0.129. The molecule has 0 bridgehead atoms. The molecule has 10 atom stereocenters. The fourth-order valence-corrected chi connectivity index (χ4v) is 6.34. The first-order valence-electron chi connectivity index (χ1n) is 13.7. The van der Waals surface area contributed by atoms with E-state index in [0.29, 0.717) is 22.6 Å². The van der Waals surface area contributed by atoms with Crippen molar-refractivity contribution in [1.82, 2.24) is 9.88 Å². The van der Waals surface area contributed by atoms with Crippen molar-refractivity contribution in [2.24, 2.45) is 0 Å². The van der Waals surface area contributed by atoms with Gasteiger partial charge in [0.1, 0.15) is 60.3 Å². The molecule has 8 N–H and O–H groups in total. The molecule has 15 nitrogen and oxygen atoms in total. The summed E-state index contributed by atoms with van der Waals surface area (Å²) in [7, 11) is -4.34. The second-order valence-corrected chi connectivity index (χ2v) is 12.2. The molecule has 3 aromatic rings. The Balaban J connectivity index is 1.30. The van der Waals surface area contributed by atoms with Crippen molar-refractivity contribution in [2.45, 2.75) is 73.2 Å². The van der Waals surface area contributed by atoms with E-state index in [1.54, 1.807) is 19.1 Å². The van der Waals surface area contributed by atoms with Crippen LogP contribution in [0.15, 0.2) is 64.0 Å². The third-order valence-corrected chi connectivity index (χ3v) is 9.07. The molecular weight excluding hydrogens is 604 g/mol. The molecule has 0 amide bonds. The normalized spacial score (nSPS) is 32.9. The Morgan fingerprint density at radius 3 is 2.09 bits per heavy atom. The third-order valence-electron chi connectivity index (χ3n) is 7.64. The molecule has 3 heterocycles. The maximum atomic E-state index is 13.2. The molecule has 2 aliphatic heterocycles. The number of nitrogens with one attached hydrogen (secondary N) is 1. The van der Waals surface area contributed by atoms with Crippen LogP contribution in [0.5, 0.6) is 0 Å². The van der Waals surface area contributed by atoms with Gasteiger partial charge in [-0.3, -0.25) is 0 Å². The van der Waals surface area contributed by atoms with Crippen LogP contribution < -0.4 is 4.72 Å². The van der Waals surface area contributed by atoms with E-state index in [2.05, 4.69) is 9.88 Å². The Bertz CT molecular complexity index is 1500. The second kappa shape index (κ2) is 13.3. The molecule has 5 rings (SSSR count). The zero-order valence-corrected chi connectivity index (χ0v) is 24.1. The van der Waals surface area contributed by atoms with Gasteiger partial charge in [0.05, 0.1) is 23.7 Å². The van der Waals surface area contributed by atoms with E-state index in [9.17, 15) is 44.2 Å². The molecule has 44 heavy (non-hydrogen) atoms. The van der Waals surface area contributed by atoms with Crippen molar-refractivity contribution in [3.63, 3.8) is 0 Å². The summed E-state index contributed by atoms with van der Waals surface area (Å²) in [5.74, 6) is 0.529. The van der Waals surface area contributed by atoms with E-state index in [1.807, 2.05) is 30.3 Å². The van der Waals surface area contributed by atoms with Crippen LogP contribution in [0, 0.1) is 6.92 Å². The highest BCUT2D eigenvalue weighted by molar-refractivity contribution is 7.89. The Labute approximate surface area is 251 Å². The largest absolute Gasteiger partial charge is 0.394 e. The van der Waals surface area contributed by atoms with Gasteiger partial charge in [-0.25, -0.2) is 8.42 Å². The average Bonchev–Trinajstić information content (AvgIpc) is 3.42. The molecule has 2 aromatic carbocycles. The fourth-order valence-electron chi connectivity index (χ4n) is 5.21. The lowest BCUT2D eigenvalue weighted by atomic mass is 9.96. The number of aromatic nitrogens is 1. The number of ether oxygens (including phenoxy) is 3. The first-order chi connectivity index (χ1) is 21.0. The van der Waals surface area contributed by atoms with E-state index < -0.39 is 84.6 Å². The van der Waals surface area contributed by atoms with Crippen LogP contribution in [-0.2, 0) is 24.2 Å². The number of rotatable bonds is 9. The number of hydrogen-bond donors (Lipinski definition) is 8. The molecule has 240 valence electrons. The summed E-state index contributed by atoms with van der Waals surface area (Å²) in [6, 6.07) is 15.1. The highest BCUT2D eigenvalue weighted by atomic mass is 32.2. The Morgan fingerprint density at radius 1 is 0.795 bits per heavy atom. The standard InChI is InChI=1S/C28H34N2O13S/c1-13-19(20(29-43-13)15-5-3-2-4-6-15)14-7-9-16(10-8-14)44(38,39)30-27-24(36)23(35)26(18(12-32)40-27)42-28-25(37)22(34)21(33)17(11-31)41-28/h2-10,17-18,21-28,30-37H,11-12H2,1H3/t17-,18-,21+,22+,23-,24-,25-,26-,27?,28+/m1/s1. The molecule has 16 heteroatoms. The summed E-state index contributed by atoms with van der Waals surface area (Å²) < 4.78 is 50.4. The fraction of sp³-hybridized carbons (Fsp3) is 0.464. The van der Waals surface area contributed by atoms with Gasteiger partial charge in [-0.15, -0.1) is 0 Å². The molecule has 2 fully saturated rings. The maximum absolute atomic E-state index is 13.2. The minimum Gasteiger partial charge on any atom is -0.394 e. The van der Waals surface area contributed by atoms with Gasteiger partial charge in [-0.1, -0.05) is 47.6 Å². The number of hydrogen-bond acceptors (Lipinski definition) is 14. The molecule has 1 unspecified atom stereocenters. The summed E-state index contributed by atoms with van der Waals surface area (Å²) in [6.07, 6.45) is -16.9. The van der Waals surface area contributed by atoms with Gasteiger partial charge < -0.3 is 54.5 Å². The molecule has 0 spiro atoms. The predicted octanol–water partition coefficient (Wildman–Crippen LogP) is -1.78. The minimum atomic E-state index is -4.34. The molecule has 0 radical (unpaired) electrons. The zero-order chi connectivity index (χ0) is 31.8. The van der Waals surface area contributed by atoms with E-state index >= 15 is 0 Å². The smallest absolute Gasteiger partial charge is 0.242 e. The van der Waals surface area contributed by atoms with Crippen LogP contribution in [0.1, 0.15) is 5.76 Å². The van der Waals surface area contributed by atoms with Crippen molar-refractivity contribution in [3.05, 3.63) is 60.4 Å². The number of sulfonamides is 1. The van der Waals surface area contributed by atoms with Crippen molar-refractivity contribution in [3.8, 4) is 22.4 Å². The SMILES string of the molecule is Cc1onc(-c2ccccc2)c1-c1ccc(S(=O)(=O)NC2O[C@H](CO)[C@@H](O[C@@H]3O[C@H](CO)[C@H](O)[C@H](O)[C@H]3O)[C@H](O)[C@H]2O)cc1. The van der Waals surface area contributed by atoms with Crippen LogP contribution in [0.3, 0.4) is 0 Å². The summed E-state index contributed by atoms with van der Waals surface area (Å²) >= 11 is 0. The van der Waals surface area contributed by atoms with Gasteiger partial charge in [0.15, 0.2) is 12.5 Å². The molecular formula is C28H34N2O13S. The monoisotopic (exact) mass is 638 g/mol. The summed E-state index contributed by atoms with van der Waals surface area (Å²) in [4.78, 5) is -0.192. The minimum absolute atomic E-state index is 0.192. The number of benzene rings is 2. The van der Waals surface area contributed by atoms with Crippen LogP contribution in [-0.4, -0.2) is 124 Å². The first-order valence-corrected chi connectivity index (χ1v) is 15.2. The van der Waals surface area contributed by atoms with Gasteiger partial charge >= 0.3 is 0 Å². The Morgan fingerprint density at radius 2 is 1.45 bits per heavy atom. The lowest BCUT2D eigenvalue weighted by Gasteiger charge is -2.46. The number of nitrogens with zero attached hydrogens (tertiary/aromatic N) is 1. The molecule has 2 aliphatic rings. The van der Waals surface area contributed by atoms with Crippen LogP contribution in [0.2, 0.25) is 0 Å². The highest BCUT2D eigenvalue weighted by Gasteiger charge is 2.51. The lowest BCUT2D eigenvalue weighted by molar-refractivity contribution is -0.342. The number of aliphatic hydroxyl groups excluding tert-OH is 7. The highest BCUT2D eigenvalue weighted by Crippen LogP contribution is 2.35. The van der Waals surface area contributed by atoms with Crippen LogP contribution in [0.4, 0.5) is 0 Å². The molecule has 1 aromatic heterocycles. The van der Waals surface area contributed by atoms with Crippen LogP contribution >= 0.6 is 0 Å². The summed E-state index contributed by atoms with van der Waals surface area (Å²) in [5, 5.41) is 75.3. The molecule has 2 saturated heterocycles. The summed E-state index contributed by atoms with van der Waals surface area (Å²) in [6.45, 7) is 0.180. The van der Waals surface area contributed by atoms with Gasteiger partial charge in [-0.05, 0) is 24.6 Å². The number of aliphatic hydroxyl groups is 7. The van der Waals surface area contributed by atoms with E-state index in [0.717, 1.165) is 5.56 Å². The lowest BCUT2D eigenvalue weighted by Crippen LogP contribution is -2.66. The second-order valence-electron chi connectivity index (χ2n) is 10.5. The Kier molecular flexibility index (Phi) is 9.81. The van der Waals surface area contributed by atoms with Gasteiger partial charge in [0.2, 0.25) is 10.0 Å². The Hall–Kier alpha value is -2.84. The average molecular weight is 639 g/mol. The maximum Gasteiger partial charge on any atom is 0.242 e. The third kappa shape index (κ3) is 6.30. The van der Waals surface area contributed by atoms with Crippen molar-refractivity contribution in [2.75, 3.05) is 13.2 Å². The van der Waals surface area contributed by atoms with Crippen molar-refractivity contribution >= 4 is 10.0 Å². The molecule has 0 saturated carbocycles. The van der Waals surface area contributed by atoms with E-state index in [4.69, 9.17) is 18.7 Å². The van der Waals surface area contributed by atoms with Crippen molar-refractivity contribution < 1.29 is 62.9 Å². The van der Waals surface area contributed by atoms with Crippen molar-refractivity contribution in [1.29, 1.82) is 0 Å². The predicted molar refractivity (Wildman–Crippen MR) is 149 cm³/mol. The number of aryl methyl sites for hydroxylation is 1. The topological polar surface area (TPSA) is 241 Å². The van der Waals surface area contributed by atoms with E-state index in [1.165, 1.54) is 12.1 Å². The molecule has 0 aliphatic carbocycles. The van der Waals surface area contributed by atoms with Gasteiger partial charge in [0.25, 0.3) is 0 Å². The van der Waals surface area contributed by atoms with Gasteiger partial charge in [0, 0.05) is 5.56 Å². The van der Waals surface area contributed by atoms with E-state index in [-0.39, 0.29) is 4.90 Å². The van der Waals surface area contributed by atoms with Crippen LogP contribution in [0.25, 0.3) is 22.4 Å². The summed E-state index contributed by atoms with van der Waals surface area (Å²) in [5.41, 5.74) is 2.71. The zero-order valence-electron chi connectivity index (χ0n) is 23.3. The van der Waals surface area contributed by atoms with Gasteiger partial charge in [-0.2, -0.15) is 4.72 Å².